The lowest BCUT2D eigenvalue weighted by Crippen LogP contribution is -2.41. The number of ether oxygens (including phenoxy) is 1. The van der Waals surface area contributed by atoms with E-state index in [0.29, 0.717) is 12.8 Å². The molecule has 0 aromatic heterocycles. The van der Waals surface area contributed by atoms with Gasteiger partial charge in [0.05, 0.1) is 25.0 Å². The highest BCUT2D eigenvalue weighted by molar-refractivity contribution is 5.71. The van der Waals surface area contributed by atoms with E-state index in [0.717, 1.165) is 19.3 Å². The van der Waals surface area contributed by atoms with Gasteiger partial charge in [-0.3, -0.25) is 9.59 Å². The summed E-state index contributed by atoms with van der Waals surface area (Å²) in [6.07, 6.45) is 8.35. The summed E-state index contributed by atoms with van der Waals surface area (Å²) in [5.41, 5.74) is 0. The Balaban J connectivity index is 2.62. The van der Waals surface area contributed by atoms with Crippen molar-refractivity contribution in [1.82, 2.24) is 0 Å². The van der Waals surface area contributed by atoms with E-state index in [-0.39, 0.29) is 18.8 Å². The van der Waals surface area contributed by atoms with Crippen molar-refractivity contribution in [3.63, 3.8) is 0 Å². The Hall–Kier alpha value is -1.66. The predicted molar refractivity (Wildman–Crippen MR) is 89.3 cm³/mol. The van der Waals surface area contributed by atoms with Gasteiger partial charge >= 0.3 is 11.9 Å². The number of carboxylic acids is 1. The van der Waals surface area contributed by atoms with Crippen molar-refractivity contribution in [3.8, 4) is 0 Å². The number of allylic oxidation sites excluding steroid dienone is 1. The summed E-state index contributed by atoms with van der Waals surface area (Å²) in [4.78, 5) is 22.0. The number of esters is 1. The molecule has 1 saturated heterocycles. The fourth-order valence-electron chi connectivity index (χ4n) is 2.68. The number of unbranched alkanes of at least 4 members (excludes halogenated alkanes) is 2. The maximum atomic E-state index is 11.5. The zero-order valence-electron chi connectivity index (χ0n) is 14.1. The first-order chi connectivity index (χ1) is 11.4. The van der Waals surface area contributed by atoms with E-state index in [4.69, 9.17) is 9.84 Å². The minimum atomic E-state index is -0.923. The number of carbonyl (C=O) groups excluding carboxylic acids is 1. The second-order valence-corrected chi connectivity index (χ2v) is 6.14. The first-order valence-corrected chi connectivity index (χ1v) is 8.54. The highest BCUT2D eigenvalue weighted by Gasteiger charge is 2.35. The Morgan fingerprint density at radius 1 is 1.38 bits per heavy atom. The average Bonchev–Trinajstić information content (AvgIpc) is 2.51. The van der Waals surface area contributed by atoms with Gasteiger partial charge in [0, 0.05) is 5.92 Å². The molecule has 1 aliphatic heterocycles. The monoisotopic (exact) mass is 340 g/mol. The number of cyclic esters (lactones) is 1. The van der Waals surface area contributed by atoms with E-state index in [1.807, 2.05) is 0 Å². The molecule has 0 saturated carbocycles. The minimum absolute atomic E-state index is 0.0686. The number of aliphatic carboxylic acids is 1. The number of carbonyl (C=O) groups is 2. The molecule has 0 bridgehead atoms. The van der Waals surface area contributed by atoms with Crippen LogP contribution >= 0.6 is 0 Å². The fraction of sp³-hybridized carbons (Fsp3) is 0.667. The van der Waals surface area contributed by atoms with Crippen LogP contribution in [0.3, 0.4) is 0 Å². The first-order valence-electron chi connectivity index (χ1n) is 8.54. The number of hydrogen-bond acceptors (Lipinski definition) is 5. The van der Waals surface area contributed by atoms with Crippen molar-refractivity contribution in [1.29, 1.82) is 0 Å². The minimum Gasteiger partial charge on any atom is -0.481 e. The fourth-order valence-corrected chi connectivity index (χ4v) is 2.68. The molecule has 3 N–H and O–H groups in total. The topological polar surface area (TPSA) is 104 Å². The van der Waals surface area contributed by atoms with Crippen molar-refractivity contribution in [2.45, 2.75) is 70.2 Å². The van der Waals surface area contributed by atoms with Crippen LogP contribution in [-0.2, 0) is 14.3 Å². The van der Waals surface area contributed by atoms with Gasteiger partial charge < -0.3 is 20.1 Å². The van der Waals surface area contributed by atoms with Crippen molar-refractivity contribution < 1.29 is 29.6 Å². The quantitative estimate of drug-likeness (QED) is 0.320. The van der Waals surface area contributed by atoms with Gasteiger partial charge in [0.1, 0.15) is 6.10 Å². The van der Waals surface area contributed by atoms with Crippen molar-refractivity contribution in [2.24, 2.45) is 5.92 Å². The number of hydrogen-bond donors (Lipinski definition) is 3. The molecule has 4 atom stereocenters. The largest absolute Gasteiger partial charge is 0.481 e. The third kappa shape index (κ3) is 7.75. The summed E-state index contributed by atoms with van der Waals surface area (Å²) in [5.74, 6) is -1.73. The maximum absolute atomic E-state index is 11.5. The summed E-state index contributed by atoms with van der Waals surface area (Å²) >= 11 is 0. The summed E-state index contributed by atoms with van der Waals surface area (Å²) in [6.45, 7) is 2.09. The number of carboxylic acid groups (broad SMARTS) is 1. The molecule has 0 spiro atoms. The Bertz CT molecular complexity index is 456. The van der Waals surface area contributed by atoms with E-state index in [9.17, 15) is 19.8 Å². The molecule has 0 aliphatic carbocycles. The standard InChI is InChI=1S/C18H28O6/c1-2-3-4-7-13(19)10-11-16-14(8-5-6-9-17(21)22)15(20)12-18(23)24-16/h5-6,10-11,13-16,19-20H,2-4,7-9,12H2,1H3,(H,21,22)/b6-5-,11-10+/t13-,14-,15?,16?/m0/s1. The van der Waals surface area contributed by atoms with Gasteiger partial charge in [-0.2, -0.15) is 0 Å². The molecule has 6 heteroatoms. The zero-order chi connectivity index (χ0) is 17.9. The highest BCUT2D eigenvalue weighted by Crippen LogP contribution is 2.27. The van der Waals surface area contributed by atoms with Crippen LogP contribution in [0.15, 0.2) is 24.3 Å². The van der Waals surface area contributed by atoms with Crippen LogP contribution < -0.4 is 0 Å². The first kappa shape index (κ1) is 20.4. The Morgan fingerprint density at radius 2 is 2.12 bits per heavy atom. The Morgan fingerprint density at radius 3 is 2.79 bits per heavy atom. The average molecular weight is 340 g/mol. The van der Waals surface area contributed by atoms with Gasteiger partial charge in [0.15, 0.2) is 0 Å². The molecular formula is C18H28O6. The normalized spacial score (nSPS) is 26.0. The molecule has 1 aliphatic rings. The van der Waals surface area contributed by atoms with Crippen molar-refractivity contribution >= 4 is 11.9 Å². The molecule has 136 valence electrons. The number of aliphatic hydroxyl groups excluding tert-OH is 2. The molecular weight excluding hydrogens is 312 g/mol. The molecule has 0 aromatic rings. The SMILES string of the molecule is CCCCC[C@H](O)/C=C/C1OC(=O)CC(O)[C@@H]1C/C=C\CC(=O)O. The summed E-state index contributed by atoms with van der Waals surface area (Å²) in [5, 5.41) is 28.7. The lowest BCUT2D eigenvalue weighted by molar-refractivity contribution is -0.163. The molecule has 0 radical (unpaired) electrons. The summed E-state index contributed by atoms with van der Waals surface area (Å²) in [7, 11) is 0. The third-order valence-corrected chi connectivity index (χ3v) is 4.05. The highest BCUT2D eigenvalue weighted by atomic mass is 16.5. The van der Waals surface area contributed by atoms with Gasteiger partial charge in [0.25, 0.3) is 0 Å². The Kier molecular flexibility index (Phi) is 9.34. The molecule has 0 amide bonds. The molecule has 6 nitrogen and oxygen atoms in total. The van der Waals surface area contributed by atoms with Crippen LogP contribution in [0.2, 0.25) is 0 Å². The molecule has 1 fully saturated rings. The van der Waals surface area contributed by atoms with Gasteiger partial charge in [-0.25, -0.2) is 0 Å². The van der Waals surface area contributed by atoms with E-state index < -0.39 is 30.3 Å². The second kappa shape index (κ2) is 11.0. The maximum Gasteiger partial charge on any atom is 0.309 e. The van der Waals surface area contributed by atoms with Gasteiger partial charge in [-0.15, -0.1) is 0 Å². The smallest absolute Gasteiger partial charge is 0.309 e. The molecule has 24 heavy (non-hydrogen) atoms. The Labute approximate surface area is 142 Å². The van der Waals surface area contributed by atoms with Crippen LogP contribution in [0.1, 0.15) is 51.9 Å². The van der Waals surface area contributed by atoms with Crippen LogP contribution in [0.25, 0.3) is 0 Å². The second-order valence-electron chi connectivity index (χ2n) is 6.14. The van der Waals surface area contributed by atoms with E-state index >= 15 is 0 Å². The lowest BCUT2D eigenvalue weighted by Gasteiger charge is -2.32. The van der Waals surface area contributed by atoms with Crippen molar-refractivity contribution in [3.05, 3.63) is 24.3 Å². The van der Waals surface area contributed by atoms with E-state index in [1.54, 1.807) is 18.2 Å². The van der Waals surface area contributed by atoms with Gasteiger partial charge in [0.2, 0.25) is 0 Å². The molecule has 1 rings (SSSR count). The summed E-state index contributed by atoms with van der Waals surface area (Å²) < 4.78 is 5.28. The predicted octanol–water partition coefficient (Wildman–Crippen LogP) is 2.20. The summed E-state index contributed by atoms with van der Waals surface area (Å²) in [6, 6.07) is 0. The molecule has 0 aromatic carbocycles. The van der Waals surface area contributed by atoms with Gasteiger partial charge in [-0.1, -0.05) is 44.4 Å². The molecule has 1 heterocycles. The van der Waals surface area contributed by atoms with E-state index in [2.05, 4.69) is 6.92 Å². The van der Waals surface area contributed by atoms with Crippen molar-refractivity contribution in [2.75, 3.05) is 0 Å². The van der Waals surface area contributed by atoms with Gasteiger partial charge in [-0.05, 0) is 18.9 Å². The van der Waals surface area contributed by atoms with Crippen LogP contribution in [0.4, 0.5) is 0 Å². The van der Waals surface area contributed by atoms with Crippen LogP contribution in [0, 0.1) is 5.92 Å². The lowest BCUT2D eigenvalue weighted by atomic mass is 9.87. The van der Waals surface area contributed by atoms with Crippen LogP contribution in [0.5, 0.6) is 0 Å². The molecule has 2 unspecified atom stereocenters. The van der Waals surface area contributed by atoms with E-state index in [1.165, 1.54) is 6.08 Å². The number of aliphatic hydroxyl groups is 2. The zero-order valence-corrected chi connectivity index (χ0v) is 14.1. The third-order valence-electron chi connectivity index (χ3n) is 4.05. The van der Waals surface area contributed by atoms with Crippen LogP contribution in [-0.4, -0.2) is 45.6 Å². The number of rotatable bonds is 10.